The van der Waals surface area contributed by atoms with Crippen LogP contribution in [0.1, 0.15) is 24.2 Å². The molecule has 0 saturated heterocycles. The van der Waals surface area contributed by atoms with Crippen LogP contribution in [0.2, 0.25) is 0 Å². The molecule has 1 aromatic carbocycles. The van der Waals surface area contributed by atoms with Gasteiger partial charge in [0.1, 0.15) is 0 Å². The highest BCUT2D eigenvalue weighted by Crippen LogP contribution is 2.27. The maximum atomic E-state index is 4.50. The van der Waals surface area contributed by atoms with Crippen molar-refractivity contribution in [1.29, 1.82) is 0 Å². The third kappa shape index (κ3) is 2.30. The van der Waals surface area contributed by atoms with E-state index in [0.717, 1.165) is 17.6 Å². The maximum absolute atomic E-state index is 4.50. The normalized spacial score (nSPS) is 12.7. The van der Waals surface area contributed by atoms with Crippen LogP contribution in [-0.2, 0) is 7.05 Å². The van der Waals surface area contributed by atoms with Gasteiger partial charge in [0.15, 0.2) is 0 Å². The number of aromatic nitrogens is 3. The van der Waals surface area contributed by atoms with Gasteiger partial charge in [-0.2, -0.15) is 0 Å². The third-order valence-electron chi connectivity index (χ3n) is 3.45. The molecule has 0 aliphatic heterocycles. The molecule has 3 rings (SSSR count). The number of hydrogen-bond acceptors (Lipinski definition) is 3. The third-order valence-corrected chi connectivity index (χ3v) is 3.45. The van der Waals surface area contributed by atoms with Gasteiger partial charge in [0.05, 0.1) is 18.1 Å². The average molecular weight is 266 g/mol. The second-order valence-corrected chi connectivity index (χ2v) is 4.90. The van der Waals surface area contributed by atoms with Crippen LogP contribution >= 0.6 is 0 Å². The summed E-state index contributed by atoms with van der Waals surface area (Å²) < 4.78 is 1.98. The lowest BCUT2D eigenvalue weighted by Crippen LogP contribution is -2.22. The molecule has 20 heavy (non-hydrogen) atoms. The molecular weight excluding hydrogens is 248 g/mol. The van der Waals surface area contributed by atoms with Crippen molar-refractivity contribution in [3.63, 3.8) is 0 Å². The Balaban J connectivity index is 2.14. The summed E-state index contributed by atoms with van der Waals surface area (Å²) in [7, 11) is 1.99. The van der Waals surface area contributed by atoms with Crippen LogP contribution in [0.3, 0.4) is 0 Å². The van der Waals surface area contributed by atoms with Gasteiger partial charge >= 0.3 is 0 Å². The number of fused-ring (bicyclic) bond motifs is 1. The lowest BCUT2D eigenvalue weighted by Gasteiger charge is -2.18. The van der Waals surface area contributed by atoms with Gasteiger partial charge in [0.25, 0.3) is 0 Å². The standard InChI is InChI=1S/C16H18N4/c1-3-18-16(15-10-20(2)11-19-15)14-6-4-5-12-9-17-8-7-13(12)14/h4-11,16,18H,3H2,1-2H3. The zero-order chi connectivity index (χ0) is 13.9. The van der Waals surface area contributed by atoms with Crippen molar-refractivity contribution in [3.8, 4) is 0 Å². The van der Waals surface area contributed by atoms with Crippen molar-refractivity contribution in [2.45, 2.75) is 13.0 Å². The average Bonchev–Trinajstić information content (AvgIpc) is 2.91. The molecular formula is C16H18N4. The van der Waals surface area contributed by atoms with Crippen LogP contribution in [0.5, 0.6) is 0 Å². The summed E-state index contributed by atoms with van der Waals surface area (Å²) in [5.41, 5.74) is 2.28. The minimum absolute atomic E-state index is 0.104. The van der Waals surface area contributed by atoms with E-state index in [0.29, 0.717) is 0 Å². The van der Waals surface area contributed by atoms with Crippen LogP contribution in [0.4, 0.5) is 0 Å². The van der Waals surface area contributed by atoms with Crippen LogP contribution < -0.4 is 5.32 Å². The van der Waals surface area contributed by atoms with Crippen LogP contribution in [0, 0.1) is 0 Å². The molecule has 0 saturated carbocycles. The second-order valence-electron chi connectivity index (χ2n) is 4.90. The Kier molecular flexibility index (Phi) is 3.48. The predicted molar refractivity (Wildman–Crippen MR) is 80.5 cm³/mol. The van der Waals surface area contributed by atoms with Crippen molar-refractivity contribution in [3.05, 3.63) is 60.4 Å². The number of pyridine rings is 1. The summed E-state index contributed by atoms with van der Waals surface area (Å²) in [6.07, 6.45) is 7.65. The van der Waals surface area contributed by atoms with Crippen molar-refractivity contribution < 1.29 is 0 Å². The first-order chi connectivity index (χ1) is 9.79. The molecule has 1 atom stereocenters. The summed E-state index contributed by atoms with van der Waals surface area (Å²) >= 11 is 0. The van der Waals surface area contributed by atoms with Crippen LogP contribution in [0.15, 0.2) is 49.2 Å². The molecule has 1 N–H and O–H groups in total. The predicted octanol–water partition coefficient (Wildman–Crippen LogP) is 2.67. The van der Waals surface area contributed by atoms with E-state index in [1.807, 2.05) is 30.3 Å². The quantitative estimate of drug-likeness (QED) is 0.789. The van der Waals surface area contributed by atoms with E-state index in [4.69, 9.17) is 0 Å². The molecule has 2 heterocycles. The summed E-state index contributed by atoms with van der Waals surface area (Å²) in [6.45, 7) is 3.01. The second kappa shape index (κ2) is 5.43. The van der Waals surface area contributed by atoms with Crippen molar-refractivity contribution >= 4 is 10.8 Å². The Morgan fingerprint density at radius 2 is 2.20 bits per heavy atom. The van der Waals surface area contributed by atoms with E-state index in [2.05, 4.69) is 52.7 Å². The highest BCUT2D eigenvalue weighted by atomic mass is 15.0. The Labute approximate surface area is 118 Å². The number of benzene rings is 1. The molecule has 0 aliphatic carbocycles. The van der Waals surface area contributed by atoms with Gasteiger partial charge in [-0.25, -0.2) is 4.98 Å². The number of rotatable bonds is 4. The number of aryl methyl sites for hydroxylation is 1. The summed E-state index contributed by atoms with van der Waals surface area (Å²) in [4.78, 5) is 8.70. The van der Waals surface area contributed by atoms with Gasteiger partial charge in [-0.05, 0) is 23.6 Å². The van der Waals surface area contributed by atoms with Gasteiger partial charge < -0.3 is 9.88 Å². The molecule has 0 fully saturated rings. The zero-order valence-corrected chi connectivity index (χ0v) is 11.7. The van der Waals surface area contributed by atoms with Crippen molar-refractivity contribution in [2.24, 2.45) is 7.05 Å². The van der Waals surface area contributed by atoms with Gasteiger partial charge in [0, 0.05) is 31.0 Å². The molecule has 102 valence electrons. The zero-order valence-electron chi connectivity index (χ0n) is 11.7. The Morgan fingerprint density at radius 3 is 2.95 bits per heavy atom. The van der Waals surface area contributed by atoms with E-state index in [1.54, 1.807) is 0 Å². The lowest BCUT2D eigenvalue weighted by molar-refractivity contribution is 0.621. The fourth-order valence-corrected chi connectivity index (χ4v) is 2.56. The Hall–Kier alpha value is -2.20. The van der Waals surface area contributed by atoms with E-state index >= 15 is 0 Å². The van der Waals surface area contributed by atoms with Crippen LogP contribution in [-0.4, -0.2) is 21.1 Å². The first-order valence-electron chi connectivity index (χ1n) is 6.83. The largest absolute Gasteiger partial charge is 0.340 e. The first kappa shape index (κ1) is 12.8. The topological polar surface area (TPSA) is 42.7 Å². The molecule has 4 nitrogen and oxygen atoms in total. The van der Waals surface area contributed by atoms with Gasteiger partial charge in [-0.3, -0.25) is 4.98 Å². The van der Waals surface area contributed by atoms with Crippen LogP contribution in [0.25, 0.3) is 10.8 Å². The summed E-state index contributed by atoms with van der Waals surface area (Å²) in [5.74, 6) is 0. The molecule has 3 aromatic rings. The first-order valence-corrected chi connectivity index (χ1v) is 6.83. The highest BCUT2D eigenvalue weighted by molar-refractivity contribution is 5.85. The highest BCUT2D eigenvalue weighted by Gasteiger charge is 2.17. The van der Waals surface area contributed by atoms with Crippen molar-refractivity contribution in [1.82, 2.24) is 19.9 Å². The Bertz CT molecular complexity index is 712. The lowest BCUT2D eigenvalue weighted by atomic mass is 9.98. The smallest absolute Gasteiger partial charge is 0.0947 e. The summed E-state index contributed by atoms with van der Waals surface area (Å²) in [5, 5.41) is 5.90. The van der Waals surface area contributed by atoms with E-state index < -0.39 is 0 Å². The minimum Gasteiger partial charge on any atom is -0.340 e. The SMILES string of the molecule is CCNC(c1cn(C)cn1)c1cccc2cnccc12. The van der Waals surface area contributed by atoms with Crippen molar-refractivity contribution in [2.75, 3.05) is 6.54 Å². The molecule has 0 amide bonds. The number of nitrogens with one attached hydrogen (secondary N) is 1. The van der Waals surface area contributed by atoms with Gasteiger partial charge in [-0.1, -0.05) is 25.1 Å². The molecule has 0 aliphatic rings. The fraction of sp³-hybridized carbons (Fsp3) is 0.250. The fourth-order valence-electron chi connectivity index (χ4n) is 2.56. The molecule has 2 aromatic heterocycles. The Morgan fingerprint density at radius 1 is 1.30 bits per heavy atom. The van der Waals surface area contributed by atoms with E-state index in [9.17, 15) is 0 Å². The van der Waals surface area contributed by atoms with Gasteiger partial charge in [0.2, 0.25) is 0 Å². The minimum atomic E-state index is 0.104. The van der Waals surface area contributed by atoms with E-state index in [-0.39, 0.29) is 6.04 Å². The number of nitrogens with zero attached hydrogens (tertiary/aromatic N) is 3. The summed E-state index contributed by atoms with van der Waals surface area (Å²) in [6, 6.07) is 8.50. The van der Waals surface area contributed by atoms with Gasteiger partial charge in [-0.15, -0.1) is 0 Å². The van der Waals surface area contributed by atoms with E-state index in [1.165, 1.54) is 10.9 Å². The molecule has 4 heteroatoms. The number of imidazole rings is 1. The maximum Gasteiger partial charge on any atom is 0.0947 e. The monoisotopic (exact) mass is 266 g/mol. The molecule has 0 bridgehead atoms. The molecule has 1 unspecified atom stereocenters. The molecule has 0 radical (unpaired) electrons. The number of hydrogen-bond donors (Lipinski definition) is 1. The molecule has 0 spiro atoms.